The molecule has 1 aliphatic rings. The Morgan fingerprint density at radius 1 is 1.12 bits per heavy atom. The van der Waals surface area contributed by atoms with E-state index in [1.54, 1.807) is 6.07 Å². The van der Waals surface area contributed by atoms with Crippen LogP contribution in [0.25, 0.3) is 0 Å². The highest BCUT2D eigenvalue weighted by Crippen LogP contribution is 2.14. The summed E-state index contributed by atoms with van der Waals surface area (Å²) in [6.45, 7) is 1.74. The number of rotatable bonds is 1. The smallest absolute Gasteiger partial charge is 0.272 e. The van der Waals surface area contributed by atoms with E-state index >= 15 is 0 Å². The van der Waals surface area contributed by atoms with Crippen LogP contribution in [-0.2, 0) is 0 Å². The van der Waals surface area contributed by atoms with E-state index in [1.165, 1.54) is 19.3 Å². The Hall–Kier alpha value is -0.900. The molecule has 1 fully saturated rings. The quantitative estimate of drug-likeness (QED) is 0.745. The molecular weight excluding hydrogens is 280 g/mol. The van der Waals surface area contributed by atoms with Crippen molar-refractivity contribution in [2.45, 2.75) is 32.1 Å². The second kappa shape index (κ2) is 6.15. The van der Waals surface area contributed by atoms with Gasteiger partial charge in [0.25, 0.3) is 5.91 Å². The first kappa shape index (κ1) is 12.6. The largest absolute Gasteiger partial charge is 0.337 e. The molecule has 0 radical (unpaired) electrons. The Bertz CT molecular complexity index is 387. The van der Waals surface area contributed by atoms with Gasteiger partial charge in [0, 0.05) is 13.1 Å². The zero-order valence-corrected chi connectivity index (χ0v) is 11.4. The summed E-state index contributed by atoms with van der Waals surface area (Å²) in [6.07, 6.45) is 5.99. The second-order valence-corrected chi connectivity index (χ2v) is 5.22. The van der Waals surface area contributed by atoms with Crippen molar-refractivity contribution in [3.63, 3.8) is 0 Å². The number of carbonyl (C=O) groups is 1. The summed E-state index contributed by atoms with van der Waals surface area (Å²) in [5.41, 5.74) is 0.542. The lowest BCUT2D eigenvalue weighted by Crippen LogP contribution is -2.34. The van der Waals surface area contributed by atoms with Crippen LogP contribution in [0.5, 0.6) is 0 Å². The monoisotopic (exact) mass is 296 g/mol. The zero-order valence-electron chi connectivity index (χ0n) is 9.86. The van der Waals surface area contributed by atoms with Crippen LogP contribution in [0, 0.1) is 0 Å². The molecule has 0 bridgehead atoms. The van der Waals surface area contributed by atoms with Crippen LogP contribution in [0.1, 0.15) is 42.6 Å². The molecule has 1 amide bonds. The summed E-state index contributed by atoms with van der Waals surface area (Å²) in [6, 6.07) is 5.48. The van der Waals surface area contributed by atoms with Crippen molar-refractivity contribution in [3.8, 4) is 0 Å². The fraction of sp³-hybridized carbons (Fsp3) is 0.538. The summed E-state index contributed by atoms with van der Waals surface area (Å²) >= 11 is 3.30. The molecule has 2 heterocycles. The number of halogens is 1. The molecule has 0 saturated carbocycles. The van der Waals surface area contributed by atoms with Gasteiger partial charge in [-0.15, -0.1) is 0 Å². The van der Waals surface area contributed by atoms with Crippen LogP contribution in [0.15, 0.2) is 22.8 Å². The molecule has 0 unspecified atom stereocenters. The average Bonchev–Trinajstić information content (AvgIpc) is 2.28. The number of carbonyl (C=O) groups excluding carboxylic acids is 1. The van der Waals surface area contributed by atoms with Gasteiger partial charge in [-0.1, -0.05) is 25.3 Å². The second-order valence-electron chi connectivity index (χ2n) is 4.41. The van der Waals surface area contributed by atoms with Crippen LogP contribution in [0.2, 0.25) is 0 Å². The third-order valence-electron chi connectivity index (χ3n) is 3.08. The van der Waals surface area contributed by atoms with Crippen molar-refractivity contribution in [1.29, 1.82) is 0 Å². The summed E-state index contributed by atoms with van der Waals surface area (Å²) in [5.74, 6) is 0.0631. The maximum atomic E-state index is 12.3. The van der Waals surface area contributed by atoms with Gasteiger partial charge in [0.2, 0.25) is 0 Å². The first-order valence-corrected chi connectivity index (χ1v) is 6.98. The Labute approximate surface area is 110 Å². The van der Waals surface area contributed by atoms with Gasteiger partial charge in [0.15, 0.2) is 0 Å². The molecule has 3 nitrogen and oxygen atoms in total. The fourth-order valence-corrected chi connectivity index (χ4v) is 2.48. The first-order valence-electron chi connectivity index (χ1n) is 6.19. The van der Waals surface area contributed by atoms with Crippen LogP contribution in [0.4, 0.5) is 0 Å². The van der Waals surface area contributed by atoms with Gasteiger partial charge in [-0.05, 0) is 40.9 Å². The summed E-state index contributed by atoms with van der Waals surface area (Å²) in [4.78, 5) is 18.4. The van der Waals surface area contributed by atoms with Crippen LogP contribution >= 0.6 is 15.9 Å². The normalized spacial score (nSPS) is 17.4. The molecule has 0 aromatic carbocycles. The molecular formula is C13H17BrN2O. The first-order chi connectivity index (χ1) is 8.27. The fourth-order valence-electron chi connectivity index (χ4n) is 2.14. The number of aromatic nitrogens is 1. The van der Waals surface area contributed by atoms with Crippen molar-refractivity contribution >= 4 is 21.8 Å². The average molecular weight is 297 g/mol. The van der Waals surface area contributed by atoms with Gasteiger partial charge < -0.3 is 4.90 Å². The molecule has 4 heteroatoms. The van der Waals surface area contributed by atoms with Crippen molar-refractivity contribution in [3.05, 3.63) is 28.5 Å². The number of pyridine rings is 1. The maximum Gasteiger partial charge on any atom is 0.272 e. The predicted octanol–water partition coefficient (Wildman–Crippen LogP) is 3.25. The van der Waals surface area contributed by atoms with E-state index < -0.39 is 0 Å². The Kier molecular flexibility index (Phi) is 4.54. The lowest BCUT2D eigenvalue weighted by atomic mass is 10.1. The van der Waals surface area contributed by atoms with Crippen LogP contribution in [0.3, 0.4) is 0 Å². The molecule has 17 heavy (non-hydrogen) atoms. The maximum absolute atomic E-state index is 12.3. The van der Waals surface area contributed by atoms with Gasteiger partial charge >= 0.3 is 0 Å². The molecule has 0 atom stereocenters. The van der Waals surface area contributed by atoms with Crippen molar-refractivity contribution in [1.82, 2.24) is 9.88 Å². The molecule has 0 N–H and O–H groups in total. The topological polar surface area (TPSA) is 33.2 Å². The third kappa shape index (κ3) is 3.53. The number of nitrogens with zero attached hydrogens (tertiary/aromatic N) is 2. The van der Waals surface area contributed by atoms with Gasteiger partial charge in [0.1, 0.15) is 10.3 Å². The predicted molar refractivity (Wildman–Crippen MR) is 70.9 cm³/mol. The molecule has 1 aliphatic heterocycles. The summed E-state index contributed by atoms with van der Waals surface area (Å²) < 4.78 is 0.718. The number of hydrogen-bond acceptors (Lipinski definition) is 2. The number of likely N-dealkylation sites (tertiary alicyclic amines) is 1. The van der Waals surface area contributed by atoms with Crippen molar-refractivity contribution < 1.29 is 4.79 Å². The number of hydrogen-bond donors (Lipinski definition) is 0. The summed E-state index contributed by atoms with van der Waals surface area (Å²) in [5, 5.41) is 0. The highest BCUT2D eigenvalue weighted by atomic mass is 79.9. The molecule has 92 valence electrons. The summed E-state index contributed by atoms with van der Waals surface area (Å²) in [7, 11) is 0. The molecule has 2 rings (SSSR count). The van der Waals surface area contributed by atoms with Crippen molar-refractivity contribution in [2.24, 2.45) is 0 Å². The van der Waals surface area contributed by atoms with E-state index in [2.05, 4.69) is 20.9 Å². The Morgan fingerprint density at radius 2 is 1.76 bits per heavy atom. The molecule has 0 aliphatic carbocycles. The van der Waals surface area contributed by atoms with Gasteiger partial charge in [-0.25, -0.2) is 4.98 Å². The molecule has 1 aromatic rings. The van der Waals surface area contributed by atoms with Crippen molar-refractivity contribution in [2.75, 3.05) is 13.1 Å². The highest BCUT2D eigenvalue weighted by Gasteiger charge is 2.17. The van der Waals surface area contributed by atoms with E-state index in [9.17, 15) is 4.79 Å². The number of amides is 1. The van der Waals surface area contributed by atoms with Gasteiger partial charge in [-0.2, -0.15) is 0 Å². The minimum atomic E-state index is 0.0631. The molecule has 1 aromatic heterocycles. The van der Waals surface area contributed by atoms with Crippen LogP contribution in [-0.4, -0.2) is 28.9 Å². The van der Waals surface area contributed by atoms with Crippen LogP contribution < -0.4 is 0 Å². The SMILES string of the molecule is O=C(c1cccc(Br)n1)N1CCCCCCC1. The van der Waals surface area contributed by atoms with E-state index in [0.29, 0.717) is 5.69 Å². The van der Waals surface area contributed by atoms with E-state index in [4.69, 9.17) is 0 Å². The van der Waals surface area contributed by atoms with E-state index in [-0.39, 0.29) is 5.91 Å². The lowest BCUT2D eigenvalue weighted by Gasteiger charge is -2.24. The van der Waals surface area contributed by atoms with E-state index in [1.807, 2.05) is 17.0 Å². The highest BCUT2D eigenvalue weighted by molar-refractivity contribution is 9.10. The lowest BCUT2D eigenvalue weighted by molar-refractivity contribution is 0.0736. The molecule has 0 spiro atoms. The van der Waals surface area contributed by atoms with E-state index in [0.717, 1.165) is 30.5 Å². The molecule has 1 saturated heterocycles. The third-order valence-corrected chi connectivity index (χ3v) is 3.52. The van der Waals surface area contributed by atoms with Gasteiger partial charge in [-0.3, -0.25) is 4.79 Å². The standard InChI is InChI=1S/C13H17BrN2O/c14-12-8-6-7-11(15-12)13(17)16-9-4-2-1-3-5-10-16/h6-8H,1-5,9-10H2. The minimum Gasteiger partial charge on any atom is -0.337 e. The zero-order chi connectivity index (χ0) is 12.1. The minimum absolute atomic E-state index is 0.0631. The Balaban J connectivity index is 2.07. The van der Waals surface area contributed by atoms with Gasteiger partial charge in [0.05, 0.1) is 0 Å². The Morgan fingerprint density at radius 3 is 2.41 bits per heavy atom.